The Kier molecular flexibility index (Phi) is 4.16. The van der Waals surface area contributed by atoms with Gasteiger partial charge in [-0.25, -0.2) is 17.5 Å². The van der Waals surface area contributed by atoms with E-state index in [0.29, 0.717) is 11.1 Å². The zero-order chi connectivity index (χ0) is 17.3. The Morgan fingerprint density at radius 3 is 2.00 bits per heavy atom. The normalized spacial score (nSPS) is 14.1. The number of fused-ring (bicyclic) bond motifs is 1. The van der Waals surface area contributed by atoms with Crippen molar-refractivity contribution < 1.29 is 22.4 Å². The Balaban J connectivity index is 1.66. The third-order valence-corrected chi connectivity index (χ3v) is 5.11. The van der Waals surface area contributed by atoms with Gasteiger partial charge in [0.1, 0.15) is 5.82 Å². The Labute approximate surface area is 138 Å². The minimum atomic E-state index is -3.84. The molecule has 3 rings (SSSR count). The fraction of sp³-hybridized carbons (Fsp3) is 0.125. The number of carbonyl (C=O) groups is 2. The number of amides is 2. The molecule has 0 radical (unpaired) electrons. The lowest BCUT2D eigenvalue weighted by atomic mass is 10.1. The van der Waals surface area contributed by atoms with Crippen LogP contribution < -0.4 is 4.72 Å². The smallest absolute Gasteiger partial charge is 0.261 e. The van der Waals surface area contributed by atoms with Crippen molar-refractivity contribution in [1.29, 1.82) is 0 Å². The van der Waals surface area contributed by atoms with E-state index in [4.69, 9.17) is 0 Å². The first kappa shape index (κ1) is 16.3. The fourth-order valence-corrected chi connectivity index (χ4v) is 3.45. The molecular weight excluding hydrogens is 335 g/mol. The van der Waals surface area contributed by atoms with Gasteiger partial charge in [-0.15, -0.1) is 0 Å². The summed E-state index contributed by atoms with van der Waals surface area (Å²) < 4.78 is 39.3. The van der Waals surface area contributed by atoms with Crippen molar-refractivity contribution >= 4 is 21.8 Å². The molecular formula is C16H13FN2O4S. The molecule has 0 bridgehead atoms. The second-order valence-electron chi connectivity index (χ2n) is 5.16. The number of benzene rings is 2. The van der Waals surface area contributed by atoms with Crippen LogP contribution in [-0.2, 0) is 10.0 Å². The molecule has 0 spiro atoms. The summed E-state index contributed by atoms with van der Waals surface area (Å²) in [6.45, 7) is -0.224. The summed E-state index contributed by atoms with van der Waals surface area (Å²) in [4.78, 5) is 25.2. The van der Waals surface area contributed by atoms with E-state index in [-0.39, 0.29) is 18.0 Å². The molecule has 0 saturated carbocycles. The van der Waals surface area contributed by atoms with Crippen LogP contribution in [0.3, 0.4) is 0 Å². The summed E-state index contributed by atoms with van der Waals surface area (Å²) in [7, 11) is -3.84. The van der Waals surface area contributed by atoms with Crippen LogP contribution in [0.15, 0.2) is 53.4 Å². The van der Waals surface area contributed by atoms with Gasteiger partial charge in [-0.05, 0) is 36.4 Å². The summed E-state index contributed by atoms with van der Waals surface area (Å²) in [5.74, 6) is -1.44. The molecule has 0 saturated heterocycles. The molecule has 1 aliphatic rings. The van der Waals surface area contributed by atoms with E-state index in [9.17, 15) is 22.4 Å². The molecule has 0 aliphatic carbocycles. The van der Waals surface area contributed by atoms with Crippen molar-refractivity contribution in [3.8, 4) is 0 Å². The van der Waals surface area contributed by atoms with Gasteiger partial charge >= 0.3 is 0 Å². The van der Waals surface area contributed by atoms with Crippen molar-refractivity contribution in [2.24, 2.45) is 0 Å². The summed E-state index contributed by atoms with van der Waals surface area (Å²) >= 11 is 0. The number of nitrogens with zero attached hydrogens (tertiary/aromatic N) is 1. The van der Waals surface area contributed by atoms with Crippen molar-refractivity contribution in [1.82, 2.24) is 9.62 Å². The maximum absolute atomic E-state index is 12.9. The molecule has 1 N–H and O–H groups in total. The monoisotopic (exact) mass is 348 g/mol. The van der Waals surface area contributed by atoms with Crippen molar-refractivity contribution in [2.75, 3.05) is 13.1 Å². The molecule has 2 aromatic rings. The third kappa shape index (κ3) is 2.93. The molecule has 2 aromatic carbocycles. The Morgan fingerprint density at radius 2 is 1.46 bits per heavy atom. The van der Waals surface area contributed by atoms with Gasteiger partial charge in [0, 0.05) is 13.1 Å². The molecule has 2 amide bonds. The molecule has 0 aromatic heterocycles. The third-order valence-electron chi connectivity index (χ3n) is 3.63. The van der Waals surface area contributed by atoms with Gasteiger partial charge in [-0.1, -0.05) is 12.1 Å². The standard InChI is InChI=1S/C16H13FN2O4S/c17-11-5-7-12(8-6-11)24(22,23)18-9-10-19-15(20)13-3-1-2-4-14(13)16(19)21/h1-8,18H,9-10H2. The van der Waals surface area contributed by atoms with Gasteiger partial charge in [-0.2, -0.15) is 0 Å². The zero-order valence-electron chi connectivity index (χ0n) is 12.4. The van der Waals surface area contributed by atoms with Gasteiger partial charge in [0.05, 0.1) is 16.0 Å². The molecule has 0 fully saturated rings. The van der Waals surface area contributed by atoms with Crippen LogP contribution in [0, 0.1) is 5.82 Å². The lowest BCUT2D eigenvalue weighted by Crippen LogP contribution is -2.38. The van der Waals surface area contributed by atoms with Gasteiger partial charge in [0.2, 0.25) is 10.0 Å². The molecule has 1 aliphatic heterocycles. The minimum Gasteiger partial charge on any atom is -0.273 e. The molecule has 24 heavy (non-hydrogen) atoms. The zero-order valence-corrected chi connectivity index (χ0v) is 13.2. The number of imide groups is 1. The highest BCUT2D eigenvalue weighted by Gasteiger charge is 2.34. The molecule has 6 nitrogen and oxygen atoms in total. The lowest BCUT2D eigenvalue weighted by Gasteiger charge is -2.14. The van der Waals surface area contributed by atoms with Crippen LogP contribution in [0.25, 0.3) is 0 Å². The van der Waals surface area contributed by atoms with E-state index in [2.05, 4.69) is 4.72 Å². The largest absolute Gasteiger partial charge is 0.273 e. The number of hydrogen-bond acceptors (Lipinski definition) is 4. The number of rotatable bonds is 5. The number of sulfonamides is 1. The highest BCUT2D eigenvalue weighted by atomic mass is 32.2. The summed E-state index contributed by atoms with van der Waals surface area (Å²) in [5, 5.41) is 0. The second kappa shape index (κ2) is 6.14. The first-order chi connectivity index (χ1) is 11.4. The number of carbonyl (C=O) groups excluding carboxylic acids is 2. The van der Waals surface area contributed by atoms with Gasteiger partial charge < -0.3 is 0 Å². The van der Waals surface area contributed by atoms with Crippen LogP contribution in [0.1, 0.15) is 20.7 Å². The van der Waals surface area contributed by atoms with Crippen molar-refractivity contribution in [3.63, 3.8) is 0 Å². The lowest BCUT2D eigenvalue weighted by molar-refractivity contribution is 0.0657. The van der Waals surface area contributed by atoms with Gasteiger partial charge in [0.15, 0.2) is 0 Å². The average Bonchev–Trinajstić information content (AvgIpc) is 2.80. The van der Waals surface area contributed by atoms with E-state index in [0.717, 1.165) is 29.2 Å². The summed E-state index contributed by atoms with van der Waals surface area (Å²) in [5.41, 5.74) is 0.618. The number of hydrogen-bond donors (Lipinski definition) is 1. The predicted octanol–water partition coefficient (Wildman–Crippen LogP) is 1.40. The molecule has 8 heteroatoms. The molecule has 1 heterocycles. The summed E-state index contributed by atoms with van der Waals surface area (Å²) in [6, 6.07) is 10.8. The highest BCUT2D eigenvalue weighted by Crippen LogP contribution is 2.21. The van der Waals surface area contributed by atoms with E-state index in [1.807, 2.05) is 0 Å². The Bertz CT molecular complexity index is 875. The van der Waals surface area contributed by atoms with Crippen molar-refractivity contribution in [3.05, 3.63) is 65.5 Å². The minimum absolute atomic E-state index is 0.0905. The first-order valence-corrected chi connectivity index (χ1v) is 8.59. The van der Waals surface area contributed by atoms with Crippen LogP contribution in [0.2, 0.25) is 0 Å². The molecule has 0 unspecified atom stereocenters. The van der Waals surface area contributed by atoms with Crippen LogP contribution >= 0.6 is 0 Å². The average molecular weight is 348 g/mol. The quantitative estimate of drug-likeness (QED) is 0.828. The van der Waals surface area contributed by atoms with E-state index in [1.54, 1.807) is 24.3 Å². The summed E-state index contributed by atoms with van der Waals surface area (Å²) in [6.07, 6.45) is 0. The van der Waals surface area contributed by atoms with Gasteiger partial charge in [-0.3, -0.25) is 14.5 Å². The maximum Gasteiger partial charge on any atom is 0.261 e. The van der Waals surface area contributed by atoms with Crippen LogP contribution in [-0.4, -0.2) is 38.2 Å². The first-order valence-electron chi connectivity index (χ1n) is 7.10. The van der Waals surface area contributed by atoms with Crippen molar-refractivity contribution in [2.45, 2.75) is 4.90 Å². The highest BCUT2D eigenvalue weighted by molar-refractivity contribution is 7.89. The Morgan fingerprint density at radius 1 is 0.917 bits per heavy atom. The van der Waals surface area contributed by atoms with Crippen LogP contribution in [0.4, 0.5) is 4.39 Å². The Hall–Kier alpha value is -2.58. The van der Waals surface area contributed by atoms with E-state index < -0.39 is 27.7 Å². The number of nitrogens with one attached hydrogen (secondary N) is 1. The predicted molar refractivity (Wildman–Crippen MR) is 83.4 cm³/mol. The van der Waals surface area contributed by atoms with E-state index in [1.165, 1.54) is 0 Å². The number of halogens is 1. The fourth-order valence-electron chi connectivity index (χ4n) is 2.43. The maximum atomic E-state index is 12.9. The SMILES string of the molecule is O=C1c2ccccc2C(=O)N1CCNS(=O)(=O)c1ccc(F)cc1. The topological polar surface area (TPSA) is 83.6 Å². The van der Waals surface area contributed by atoms with Crippen LogP contribution in [0.5, 0.6) is 0 Å². The molecule has 124 valence electrons. The van der Waals surface area contributed by atoms with Gasteiger partial charge in [0.25, 0.3) is 11.8 Å². The molecule has 0 atom stereocenters. The van der Waals surface area contributed by atoms with E-state index >= 15 is 0 Å². The second-order valence-corrected chi connectivity index (χ2v) is 6.93.